The Hall–Kier alpha value is -1.40. The van der Waals surface area contributed by atoms with Gasteiger partial charge in [-0.25, -0.2) is 0 Å². The molecule has 1 amide bonds. The molecule has 1 atom stereocenters. The molecule has 2 N–H and O–H groups in total. The zero-order chi connectivity index (χ0) is 16.0. The van der Waals surface area contributed by atoms with Crippen LogP contribution >= 0.6 is 12.4 Å². The van der Waals surface area contributed by atoms with Crippen molar-refractivity contribution in [1.29, 1.82) is 0 Å². The Bertz CT molecular complexity index is 455. The predicted molar refractivity (Wildman–Crippen MR) is 84.7 cm³/mol. The van der Waals surface area contributed by atoms with Gasteiger partial charge in [0.25, 0.3) is 5.91 Å². The number of benzene rings is 1. The van der Waals surface area contributed by atoms with Crippen LogP contribution < -0.4 is 10.5 Å². The largest absolute Gasteiger partial charge is 0.435 e. The number of nitrogens with zero attached hydrogens (tertiary/aromatic N) is 1. The maximum Gasteiger partial charge on any atom is 0.387 e. The van der Waals surface area contributed by atoms with Crippen molar-refractivity contribution in [3.8, 4) is 5.75 Å². The summed E-state index contributed by atoms with van der Waals surface area (Å²) in [6.45, 7) is 1.75. The second-order valence-electron chi connectivity index (χ2n) is 5.33. The first kappa shape index (κ1) is 20.6. The third-order valence-electron chi connectivity index (χ3n) is 3.33. The molecule has 7 heteroatoms. The molecule has 0 aromatic heterocycles. The maximum atomic E-state index is 12.2. The molecule has 0 radical (unpaired) electrons. The number of amides is 1. The van der Waals surface area contributed by atoms with Crippen molar-refractivity contribution < 1.29 is 18.3 Å². The fourth-order valence-corrected chi connectivity index (χ4v) is 1.78. The highest BCUT2D eigenvalue weighted by atomic mass is 35.5. The first-order valence-electron chi connectivity index (χ1n) is 6.87. The van der Waals surface area contributed by atoms with E-state index < -0.39 is 6.61 Å². The number of carbonyl (C=O) groups excluding carboxylic acids is 1. The van der Waals surface area contributed by atoms with Crippen molar-refractivity contribution >= 4 is 18.3 Å². The number of halogens is 3. The van der Waals surface area contributed by atoms with Gasteiger partial charge in [-0.3, -0.25) is 4.79 Å². The molecule has 0 saturated heterocycles. The van der Waals surface area contributed by atoms with E-state index in [1.807, 2.05) is 13.8 Å². The Morgan fingerprint density at radius 3 is 2.27 bits per heavy atom. The van der Waals surface area contributed by atoms with Gasteiger partial charge in [0, 0.05) is 25.2 Å². The van der Waals surface area contributed by atoms with Crippen molar-refractivity contribution in [1.82, 2.24) is 4.90 Å². The lowest BCUT2D eigenvalue weighted by molar-refractivity contribution is -0.0498. The number of hydrogen-bond acceptors (Lipinski definition) is 3. The molecule has 0 saturated carbocycles. The van der Waals surface area contributed by atoms with Crippen molar-refractivity contribution in [2.45, 2.75) is 32.9 Å². The molecule has 1 aromatic carbocycles. The lowest BCUT2D eigenvalue weighted by Crippen LogP contribution is -2.34. The van der Waals surface area contributed by atoms with Crippen LogP contribution in [0.15, 0.2) is 24.3 Å². The number of hydrogen-bond donors (Lipinski definition) is 1. The monoisotopic (exact) mass is 336 g/mol. The molecular formula is C15H23ClF2N2O2. The summed E-state index contributed by atoms with van der Waals surface area (Å²) in [5.74, 6) is 0.222. The van der Waals surface area contributed by atoms with Crippen LogP contribution in [-0.2, 0) is 0 Å². The van der Waals surface area contributed by atoms with Crippen molar-refractivity contribution in [2.75, 3.05) is 13.6 Å². The lowest BCUT2D eigenvalue weighted by atomic mass is 10.0. The molecule has 0 aliphatic carbocycles. The van der Waals surface area contributed by atoms with Crippen LogP contribution in [0, 0.1) is 5.92 Å². The van der Waals surface area contributed by atoms with Crippen molar-refractivity contribution in [2.24, 2.45) is 11.7 Å². The summed E-state index contributed by atoms with van der Waals surface area (Å²) in [5, 5.41) is 0. The van der Waals surface area contributed by atoms with Gasteiger partial charge in [0.1, 0.15) is 5.75 Å². The Morgan fingerprint density at radius 2 is 1.82 bits per heavy atom. The highest BCUT2D eigenvalue weighted by Crippen LogP contribution is 2.16. The second kappa shape index (κ2) is 9.58. The molecule has 0 bridgehead atoms. The number of alkyl halides is 2. The van der Waals surface area contributed by atoms with E-state index in [1.54, 1.807) is 11.9 Å². The van der Waals surface area contributed by atoms with Gasteiger partial charge in [0.2, 0.25) is 0 Å². The standard InChI is InChI=1S/C15H22F2N2O2.ClH/c1-10(2)13(18)8-9-19(3)14(20)11-4-6-12(7-5-11)21-15(16)17;/h4-7,10,13,15H,8-9,18H2,1-3H3;1H. The van der Waals surface area contributed by atoms with E-state index in [-0.39, 0.29) is 30.1 Å². The topological polar surface area (TPSA) is 55.6 Å². The average Bonchev–Trinajstić information content (AvgIpc) is 2.43. The zero-order valence-corrected chi connectivity index (χ0v) is 13.8. The van der Waals surface area contributed by atoms with Gasteiger partial charge < -0.3 is 15.4 Å². The van der Waals surface area contributed by atoms with Gasteiger partial charge in [0.15, 0.2) is 0 Å². The summed E-state index contributed by atoms with van der Waals surface area (Å²) in [6, 6.07) is 5.69. The van der Waals surface area contributed by atoms with Gasteiger partial charge in [0.05, 0.1) is 0 Å². The molecule has 0 fully saturated rings. The highest BCUT2D eigenvalue weighted by molar-refractivity contribution is 5.94. The Balaban J connectivity index is 0.00000441. The second-order valence-corrected chi connectivity index (χ2v) is 5.33. The molecule has 0 aliphatic rings. The maximum absolute atomic E-state index is 12.2. The Labute approximate surface area is 136 Å². The van der Waals surface area contributed by atoms with Crippen molar-refractivity contribution in [3.05, 3.63) is 29.8 Å². The van der Waals surface area contributed by atoms with Gasteiger partial charge >= 0.3 is 6.61 Å². The molecule has 126 valence electrons. The molecule has 1 unspecified atom stereocenters. The normalized spacial score (nSPS) is 12.0. The van der Waals surface area contributed by atoms with Gasteiger partial charge in [-0.05, 0) is 36.6 Å². The third kappa shape index (κ3) is 6.58. The molecule has 22 heavy (non-hydrogen) atoms. The first-order valence-corrected chi connectivity index (χ1v) is 6.87. The molecular weight excluding hydrogens is 314 g/mol. The Kier molecular flexibility index (Phi) is 8.97. The molecule has 0 spiro atoms. The van der Waals surface area contributed by atoms with E-state index in [9.17, 15) is 13.6 Å². The summed E-state index contributed by atoms with van der Waals surface area (Å²) in [4.78, 5) is 13.7. The van der Waals surface area contributed by atoms with Crippen LogP contribution in [0.2, 0.25) is 0 Å². The minimum absolute atomic E-state index is 0. The number of ether oxygens (including phenoxy) is 1. The van der Waals surface area contributed by atoms with E-state index in [2.05, 4.69) is 4.74 Å². The van der Waals surface area contributed by atoms with Gasteiger partial charge in [-0.2, -0.15) is 8.78 Å². The summed E-state index contributed by atoms with van der Waals surface area (Å²) in [5.41, 5.74) is 6.37. The smallest absolute Gasteiger partial charge is 0.387 e. The Morgan fingerprint density at radius 1 is 1.27 bits per heavy atom. The van der Waals surface area contributed by atoms with Crippen LogP contribution in [0.4, 0.5) is 8.78 Å². The molecule has 0 heterocycles. The highest BCUT2D eigenvalue weighted by Gasteiger charge is 2.15. The van der Waals surface area contributed by atoms with E-state index in [4.69, 9.17) is 5.73 Å². The minimum Gasteiger partial charge on any atom is -0.435 e. The number of carbonyl (C=O) groups is 1. The molecule has 1 rings (SSSR count). The molecule has 4 nitrogen and oxygen atoms in total. The number of nitrogens with two attached hydrogens (primary N) is 1. The summed E-state index contributed by atoms with van der Waals surface area (Å²) >= 11 is 0. The molecule has 1 aromatic rings. The van der Waals surface area contributed by atoms with E-state index in [0.29, 0.717) is 24.4 Å². The fraction of sp³-hybridized carbons (Fsp3) is 0.533. The van der Waals surface area contributed by atoms with E-state index >= 15 is 0 Å². The first-order chi connectivity index (χ1) is 9.81. The quantitative estimate of drug-likeness (QED) is 0.832. The van der Waals surface area contributed by atoms with Crippen LogP contribution in [0.5, 0.6) is 5.75 Å². The third-order valence-corrected chi connectivity index (χ3v) is 3.33. The lowest BCUT2D eigenvalue weighted by Gasteiger charge is -2.21. The van der Waals surface area contributed by atoms with Gasteiger partial charge in [-0.15, -0.1) is 12.4 Å². The fourth-order valence-electron chi connectivity index (χ4n) is 1.78. The zero-order valence-electron chi connectivity index (χ0n) is 13.0. The van der Waals surface area contributed by atoms with Crippen molar-refractivity contribution in [3.63, 3.8) is 0 Å². The predicted octanol–water partition coefficient (Wildman–Crippen LogP) is 3.16. The van der Waals surface area contributed by atoms with Crippen LogP contribution in [0.25, 0.3) is 0 Å². The summed E-state index contributed by atoms with van der Waals surface area (Å²) < 4.78 is 28.3. The van der Waals surface area contributed by atoms with Crippen LogP contribution in [-0.4, -0.2) is 37.1 Å². The van der Waals surface area contributed by atoms with E-state index in [1.165, 1.54) is 24.3 Å². The summed E-state index contributed by atoms with van der Waals surface area (Å²) in [7, 11) is 1.69. The summed E-state index contributed by atoms with van der Waals surface area (Å²) in [6.07, 6.45) is 0.715. The SMILES string of the molecule is CC(C)C(N)CCN(C)C(=O)c1ccc(OC(F)F)cc1.Cl. The molecule has 0 aliphatic heterocycles. The number of rotatable bonds is 7. The van der Waals surface area contributed by atoms with E-state index in [0.717, 1.165) is 0 Å². The van der Waals surface area contributed by atoms with Crippen LogP contribution in [0.1, 0.15) is 30.6 Å². The average molecular weight is 337 g/mol. The minimum atomic E-state index is -2.87. The van der Waals surface area contributed by atoms with Gasteiger partial charge in [-0.1, -0.05) is 13.8 Å². The van der Waals surface area contributed by atoms with Crippen LogP contribution in [0.3, 0.4) is 0 Å².